The Morgan fingerprint density at radius 3 is 1.67 bits per heavy atom. The van der Waals surface area contributed by atoms with Crippen LogP contribution in [0.25, 0.3) is 0 Å². The number of rotatable bonds is 2. The molecule has 2 heterocycles. The van der Waals surface area contributed by atoms with Crippen LogP contribution in [0.15, 0.2) is 0 Å². The Morgan fingerprint density at radius 1 is 0.905 bits per heavy atom. The highest BCUT2D eigenvalue weighted by molar-refractivity contribution is 7.80. The topological polar surface area (TPSA) is 47.1 Å². The third-order valence-electron chi connectivity index (χ3n) is 3.85. The number of hydrogen-bond donors (Lipinski definition) is 0. The third-order valence-corrected chi connectivity index (χ3v) is 4.78. The molecule has 0 aromatic rings. The molecule has 2 rings (SSSR count). The summed E-state index contributed by atoms with van der Waals surface area (Å²) in [5.74, 6) is -0.427. The van der Waals surface area contributed by atoms with E-state index in [4.69, 9.17) is 24.4 Å². The maximum absolute atomic E-state index is 12.3. The lowest BCUT2D eigenvalue weighted by atomic mass is 10.2. The van der Waals surface area contributed by atoms with Crippen LogP contribution in [0.5, 0.6) is 0 Å². The Balaban J connectivity index is 1.97. The summed E-state index contributed by atoms with van der Waals surface area (Å²) < 4.78 is 0. The molecule has 0 aliphatic carbocycles. The molecule has 8 heteroatoms. The number of thiocarbonyl (C=S) groups is 2. The summed E-state index contributed by atoms with van der Waals surface area (Å²) in [6.07, 6.45) is 3.16. The second-order valence-electron chi connectivity index (χ2n) is 5.25. The maximum atomic E-state index is 12.3. The van der Waals surface area contributed by atoms with Gasteiger partial charge in [0, 0.05) is 40.0 Å². The fraction of sp³-hybridized carbons (Fsp3) is 0.692. The first-order chi connectivity index (χ1) is 9.91. The van der Waals surface area contributed by atoms with Crippen LogP contribution < -0.4 is 0 Å². The summed E-state index contributed by atoms with van der Waals surface area (Å²) in [5.41, 5.74) is 0. The van der Waals surface area contributed by atoms with Crippen LogP contribution in [-0.4, -0.2) is 69.0 Å². The maximum Gasteiger partial charge on any atom is 0.250 e. The highest BCUT2D eigenvalue weighted by atomic mass is 32.1. The molecule has 2 aliphatic heterocycles. The van der Waals surface area contributed by atoms with Gasteiger partial charge in [-0.05, 0) is 12.8 Å². The van der Waals surface area contributed by atoms with Gasteiger partial charge in [-0.3, -0.25) is 29.6 Å². The molecule has 0 spiro atoms. The molecule has 2 fully saturated rings. The lowest BCUT2D eigenvalue weighted by molar-refractivity contribution is -0.152. The first kappa shape index (κ1) is 16.1. The van der Waals surface area contributed by atoms with Crippen LogP contribution in [0.4, 0.5) is 0 Å². The van der Waals surface area contributed by atoms with E-state index in [0.29, 0.717) is 13.1 Å². The largest absolute Gasteiger partial charge is 0.279 e. The monoisotopic (exact) mass is 328 g/mol. The van der Waals surface area contributed by atoms with Gasteiger partial charge in [0.1, 0.15) is 6.42 Å². The van der Waals surface area contributed by atoms with Crippen LogP contribution in [0.2, 0.25) is 0 Å². The van der Waals surface area contributed by atoms with Gasteiger partial charge in [-0.15, -0.1) is 0 Å². The Hall–Kier alpha value is -1.28. The van der Waals surface area contributed by atoms with Crippen molar-refractivity contribution in [3.05, 3.63) is 0 Å². The van der Waals surface area contributed by atoms with Crippen molar-refractivity contribution < 1.29 is 9.59 Å². The number of carbonyl (C=O) groups excluding carboxylic acids is 2. The fourth-order valence-corrected chi connectivity index (χ4v) is 3.03. The van der Waals surface area contributed by atoms with E-state index in [0.717, 1.165) is 35.7 Å². The summed E-state index contributed by atoms with van der Waals surface area (Å²) in [6.45, 7) is 1.22. The lowest BCUT2D eigenvalue weighted by Crippen LogP contribution is -2.54. The molecular weight excluding hydrogens is 308 g/mol. The molecule has 2 saturated heterocycles. The number of hydrazine groups is 2. The molecule has 2 aliphatic rings. The summed E-state index contributed by atoms with van der Waals surface area (Å²) >= 11 is 10.4. The highest BCUT2D eigenvalue weighted by Crippen LogP contribution is 2.16. The second kappa shape index (κ2) is 6.65. The minimum absolute atomic E-state index is 0.153. The van der Waals surface area contributed by atoms with Gasteiger partial charge in [0.2, 0.25) is 0 Å². The number of amides is 2. The van der Waals surface area contributed by atoms with Gasteiger partial charge in [-0.25, -0.2) is 0 Å². The Morgan fingerprint density at radius 2 is 1.29 bits per heavy atom. The minimum Gasteiger partial charge on any atom is -0.279 e. The van der Waals surface area contributed by atoms with Crippen molar-refractivity contribution in [2.24, 2.45) is 0 Å². The Labute approximate surface area is 135 Å². The van der Waals surface area contributed by atoms with Gasteiger partial charge < -0.3 is 0 Å². The van der Waals surface area contributed by atoms with Crippen LogP contribution in [0, 0.1) is 0 Å². The van der Waals surface area contributed by atoms with Gasteiger partial charge in [0.05, 0.1) is 9.98 Å². The van der Waals surface area contributed by atoms with Crippen LogP contribution in [-0.2, 0) is 9.59 Å². The van der Waals surface area contributed by atoms with E-state index in [2.05, 4.69) is 0 Å². The van der Waals surface area contributed by atoms with E-state index < -0.39 is 0 Å². The summed E-state index contributed by atoms with van der Waals surface area (Å²) in [7, 11) is 3.54. The molecule has 6 nitrogen and oxygen atoms in total. The number of carbonyl (C=O) groups is 2. The van der Waals surface area contributed by atoms with Crippen LogP contribution in [0.3, 0.4) is 0 Å². The van der Waals surface area contributed by atoms with E-state index >= 15 is 0 Å². The number of nitrogens with zero attached hydrogens (tertiary/aromatic N) is 4. The van der Waals surface area contributed by atoms with Crippen molar-refractivity contribution in [2.45, 2.75) is 32.1 Å². The smallest absolute Gasteiger partial charge is 0.250 e. The lowest BCUT2D eigenvalue weighted by Gasteiger charge is -2.40. The molecule has 0 N–H and O–H groups in total. The zero-order chi connectivity index (χ0) is 15.6. The standard InChI is InChI=1S/C13H20N4O2S2/c1-14-12(20)5-3-7-16(14)10(18)9-11(19)17-8-4-6-13(21)15(17)2/h3-9H2,1-2H3. The van der Waals surface area contributed by atoms with E-state index in [1.54, 1.807) is 34.1 Å². The van der Waals surface area contributed by atoms with Crippen molar-refractivity contribution in [1.29, 1.82) is 0 Å². The van der Waals surface area contributed by atoms with E-state index in [-0.39, 0.29) is 18.2 Å². The molecule has 0 saturated carbocycles. The predicted octanol–water partition coefficient (Wildman–Crippen LogP) is 0.970. The molecule has 116 valence electrons. The van der Waals surface area contributed by atoms with Crippen LogP contribution in [0.1, 0.15) is 32.1 Å². The van der Waals surface area contributed by atoms with Crippen molar-refractivity contribution in [3.8, 4) is 0 Å². The normalized spacial score (nSPS) is 20.1. The number of hydrogen-bond acceptors (Lipinski definition) is 4. The van der Waals surface area contributed by atoms with Crippen molar-refractivity contribution in [3.63, 3.8) is 0 Å². The fourth-order valence-electron chi connectivity index (χ4n) is 2.55. The van der Waals surface area contributed by atoms with E-state index in [1.807, 2.05) is 0 Å². The average molecular weight is 328 g/mol. The molecule has 2 amide bonds. The molecule has 0 atom stereocenters. The van der Waals surface area contributed by atoms with Gasteiger partial charge in [-0.1, -0.05) is 24.4 Å². The first-order valence-electron chi connectivity index (χ1n) is 7.05. The molecular formula is C13H20N4O2S2. The molecule has 0 radical (unpaired) electrons. The molecule has 21 heavy (non-hydrogen) atoms. The average Bonchev–Trinajstić information content (AvgIpc) is 2.44. The third kappa shape index (κ3) is 3.49. The molecule has 0 aromatic heterocycles. The zero-order valence-electron chi connectivity index (χ0n) is 12.4. The van der Waals surface area contributed by atoms with Gasteiger partial charge in [0.25, 0.3) is 11.8 Å². The van der Waals surface area contributed by atoms with Gasteiger partial charge in [-0.2, -0.15) is 0 Å². The van der Waals surface area contributed by atoms with Gasteiger partial charge >= 0.3 is 0 Å². The summed E-state index contributed by atoms with van der Waals surface area (Å²) in [4.78, 5) is 26.1. The van der Waals surface area contributed by atoms with Crippen molar-refractivity contribution in [1.82, 2.24) is 20.0 Å². The Bertz CT molecular complexity index is 441. The first-order valence-corrected chi connectivity index (χ1v) is 7.87. The molecule has 0 unspecified atom stereocenters. The summed E-state index contributed by atoms with van der Waals surface area (Å²) in [5, 5.41) is 6.48. The predicted molar refractivity (Wildman–Crippen MR) is 87.2 cm³/mol. The Kier molecular flexibility index (Phi) is 5.10. The minimum atomic E-state index is -0.213. The van der Waals surface area contributed by atoms with Crippen molar-refractivity contribution >= 4 is 46.2 Å². The summed E-state index contributed by atoms with van der Waals surface area (Å²) in [6, 6.07) is 0. The van der Waals surface area contributed by atoms with E-state index in [9.17, 15) is 9.59 Å². The van der Waals surface area contributed by atoms with E-state index in [1.165, 1.54) is 0 Å². The SMILES string of the molecule is CN1C(=S)CCCN1C(=O)CC(=O)N1CCCC(=S)N1C. The van der Waals surface area contributed by atoms with Crippen molar-refractivity contribution in [2.75, 3.05) is 27.2 Å². The highest BCUT2D eigenvalue weighted by Gasteiger charge is 2.30. The molecule has 0 aromatic carbocycles. The second-order valence-corrected chi connectivity index (χ2v) is 6.19. The van der Waals surface area contributed by atoms with Gasteiger partial charge in [0.15, 0.2) is 0 Å². The zero-order valence-corrected chi connectivity index (χ0v) is 14.0. The molecule has 0 bridgehead atoms. The van der Waals surface area contributed by atoms with Crippen LogP contribution >= 0.6 is 24.4 Å². The quantitative estimate of drug-likeness (QED) is 0.556.